The third-order valence-corrected chi connectivity index (χ3v) is 2.80. The molecule has 0 saturated heterocycles. The molecule has 4 N–H and O–H groups in total. The maximum atomic E-state index is 5.82. The van der Waals surface area contributed by atoms with Crippen LogP contribution in [0.4, 0.5) is 0 Å². The Morgan fingerprint density at radius 3 is 2.52 bits per heavy atom. The normalized spacial score (nSPS) is 10.5. The second-order valence-corrected chi connectivity index (χ2v) is 4.58. The molecule has 5 heteroatoms. The lowest BCUT2D eigenvalue weighted by Gasteiger charge is -2.09. The number of nitrogens with two attached hydrogens (primary N) is 2. The lowest BCUT2D eigenvalue weighted by atomic mass is 10.1. The van der Waals surface area contributed by atoms with Crippen LogP contribution < -0.4 is 16.2 Å². The Morgan fingerprint density at radius 1 is 1.10 bits per heavy atom. The smallest absolute Gasteiger partial charge is 0.211 e. The molecule has 2 aromatic carbocycles. The van der Waals surface area contributed by atoms with E-state index in [2.05, 4.69) is 29.3 Å². The van der Waals surface area contributed by atoms with E-state index < -0.39 is 0 Å². The molecule has 0 aliphatic carbocycles. The zero-order chi connectivity index (χ0) is 15.1. The Kier molecular flexibility index (Phi) is 4.93. The first kappa shape index (κ1) is 14.6. The van der Waals surface area contributed by atoms with E-state index in [1.807, 2.05) is 36.4 Å². The lowest BCUT2D eigenvalue weighted by molar-refractivity contribution is 0.306. The van der Waals surface area contributed by atoms with Crippen molar-refractivity contribution >= 4 is 12.2 Å². The molecule has 0 aromatic heterocycles. The molecule has 5 nitrogen and oxygen atoms in total. The quantitative estimate of drug-likeness (QED) is 0.500. The van der Waals surface area contributed by atoms with Gasteiger partial charge in [0.2, 0.25) is 5.96 Å². The number of para-hydroxylation sites is 1. The van der Waals surface area contributed by atoms with Gasteiger partial charge >= 0.3 is 0 Å². The zero-order valence-corrected chi connectivity index (χ0v) is 11.9. The van der Waals surface area contributed by atoms with Crippen LogP contribution in [0.3, 0.4) is 0 Å². The second-order valence-electron chi connectivity index (χ2n) is 4.58. The second kappa shape index (κ2) is 7.09. The van der Waals surface area contributed by atoms with E-state index in [4.69, 9.17) is 16.2 Å². The largest absolute Gasteiger partial charge is 0.488 e. The molecule has 0 atom stereocenters. The van der Waals surface area contributed by atoms with Crippen LogP contribution in [0.5, 0.6) is 5.75 Å². The Morgan fingerprint density at radius 2 is 1.81 bits per heavy atom. The van der Waals surface area contributed by atoms with Crippen molar-refractivity contribution in [2.45, 2.75) is 13.5 Å². The molecule has 0 aliphatic heterocycles. The molecule has 0 radical (unpaired) electrons. The highest BCUT2D eigenvalue weighted by Gasteiger charge is 2.01. The summed E-state index contributed by atoms with van der Waals surface area (Å²) in [6.07, 6.45) is 1.56. The molecule has 0 unspecified atom stereocenters. The number of rotatable bonds is 5. The summed E-state index contributed by atoms with van der Waals surface area (Å²) < 4.78 is 5.82. The van der Waals surface area contributed by atoms with Crippen molar-refractivity contribution < 1.29 is 4.74 Å². The van der Waals surface area contributed by atoms with E-state index in [1.165, 1.54) is 5.56 Å². The fraction of sp³-hybridized carbons (Fsp3) is 0.125. The van der Waals surface area contributed by atoms with Crippen molar-refractivity contribution in [1.29, 1.82) is 0 Å². The highest BCUT2D eigenvalue weighted by atomic mass is 16.5. The lowest BCUT2D eigenvalue weighted by Crippen LogP contribution is -2.21. The summed E-state index contributed by atoms with van der Waals surface area (Å²) in [6, 6.07) is 15.8. The van der Waals surface area contributed by atoms with Gasteiger partial charge in [0.05, 0.1) is 6.21 Å². The monoisotopic (exact) mass is 282 g/mol. The number of aryl methyl sites for hydroxylation is 1. The molecule has 2 aromatic rings. The zero-order valence-electron chi connectivity index (χ0n) is 11.9. The van der Waals surface area contributed by atoms with E-state index in [-0.39, 0.29) is 5.96 Å². The Bertz CT molecular complexity index is 644. The molecular weight excluding hydrogens is 264 g/mol. The predicted octanol–water partition coefficient (Wildman–Crippen LogP) is 2.18. The number of hydrogen-bond acceptors (Lipinski definition) is 3. The van der Waals surface area contributed by atoms with Gasteiger partial charge in [-0.15, -0.1) is 5.10 Å². The van der Waals surface area contributed by atoms with Gasteiger partial charge in [-0.2, -0.15) is 5.10 Å². The van der Waals surface area contributed by atoms with Crippen LogP contribution in [0.25, 0.3) is 0 Å². The van der Waals surface area contributed by atoms with Crippen LogP contribution in [0, 0.1) is 6.92 Å². The molecule has 0 heterocycles. The Labute approximate surface area is 124 Å². The van der Waals surface area contributed by atoms with Crippen molar-refractivity contribution in [2.75, 3.05) is 0 Å². The summed E-state index contributed by atoms with van der Waals surface area (Å²) in [7, 11) is 0. The van der Waals surface area contributed by atoms with E-state index >= 15 is 0 Å². The summed E-state index contributed by atoms with van der Waals surface area (Å²) in [5.41, 5.74) is 13.6. The number of ether oxygens (including phenoxy) is 1. The van der Waals surface area contributed by atoms with Crippen LogP contribution in [0.1, 0.15) is 16.7 Å². The third kappa shape index (κ3) is 4.65. The summed E-state index contributed by atoms with van der Waals surface area (Å²) in [6.45, 7) is 2.55. The fourth-order valence-corrected chi connectivity index (χ4v) is 1.72. The molecule has 0 spiro atoms. The predicted molar refractivity (Wildman–Crippen MR) is 85.4 cm³/mol. The van der Waals surface area contributed by atoms with Gasteiger partial charge in [-0.25, -0.2) is 0 Å². The van der Waals surface area contributed by atoms with Gasteiger partial charge in [-0.05, 0) is 24.6 Å². The Balaban J connectivity index is 2.07. The van der Waals surface area contributed by atoms with Gasteiger partial charge in [0.1, 0.15) is 12.4 Å². The molecule has 0 amide bonds. The van der Waals surface area contributed by atoms with Crippen molar-refractivity contribution in [2.24, 2.45) is 21.7 Å². The summed E-state index contributed by atoms with van der Waals surface area (Å²) in [5, 5.41) is 7.38. The van der Waals surface area contributed by atoms with E-state index in [0.717, 1.165) is 16.9 Å². The number of benzene rings is 2. The van der Waals surface area contributed by atoms with Gasteiger partial charge in [-0.1, -0.05) is 42.0 Å². The van der Waals surface area contributed by atoms with Crippen molar-refractivity contribution in [1.82, 2.24) is 0 Å². The Hall–Kier alpha value is -2.82. The topological polar surface area (TPSA) is 86.0 Å². The number of hydrogen-bond donors (Lipinski definition) is 2. The molecule has 0 fully saturated rings. The first-order valence-electron chi connectivity index (χ1n) is 6.54. The maximum Gasteiger partial charge on any atom is 0.211 e. The molecule has 0 bridgehead atoms. The molecule has 2 rings (SSSR count). The minimum atomic E-state index is -0.0793. The first-order valence-corrected chi connectivity index (χ1v) is 6.54. The van der Waals surface area contributed by atoms with Crippen LogP contribution >= 0.6 is 0 Å². The van der Waals surface area contributed by atoms with Crippen molar-refractivity contribution in [3.8, 4) is 5.75 Å². The minimum Gasteiger partial charge on any atom is -0.488 e. The van der Waals surface area contributed by atoms with Gasteiger partial charge in [0, 0.05) is 5.56 Å². The van der Waals surface area contributed by atoms with Gasteiger partial charge in [0.25, 0.3) is 0 Å². The highest BCUT2D eigenvalue weighted by molar-refractivity contribution is 5.84. The van der Waals surface area contributed by atoms with Crippen molar-refractivity contribution in [3.63, 3.8) is 0 Å². The van der Waals surface area contributed by atoms with Gasteiger partial charge in [0.15, 0.2) is 0 Å². The summed E-state index contributed by atoms with van der Waals surface area (Å²) >= 11 is 0. The number of nitrogens with zero attached hydrogens (tertiary/aromatic N) is 2. The average molecular weight is 282 g/mol. The summed E-state index contributed by atoms with van der Waals surface area (Å²) in [4.78, 5) is 0. The van der Waals surface area contributed by atoms with Crippen LogP contribution in [0.15, 0.2) is 58.7 Å². The molecule has 108 valence electrons. The first-order chi connectivity index (χ1) is 10.1. The fourth-order valence-electron chi connectivity index (χ4n) is 1.72. The highest BCUT2D eigenvalue weighted by Crippen LogP contribution is 2.17. The van der Waals surface area contributed by atoms with E-state index in [9.17, 15) is 0 Å². The SMILES string of the molecule is Cc1ccc(COc2ccccc2/C=N\N=C(N)N)cc1. The van der Waals surface area contributed by atoms with Crippen LogP contribution in [-0.2, 0) is 6.61 Å². The summed E-state index contributed by atoms with van der Waals surface area (Å²) in [5.74, 6) is 0.650. The molecule has 0 aliphatic rings. The molecular formula is C16H18N4O. The molecule has 21 heavy (non-hydrogen) atoms. The van der Waals surface area contributed by atoms with Crippen LogP contribution in [-0.4, -0.2) is 12.2 Å². The maximum absolute atomic E-state index is 5.82. The van der Waals surface area contributed by atoms with E-state index in [0.29, 0.717) is 6.61 Å². The van der Waals surface area contributed by atoms with E-state index in [1.54, 1.807) is 6.21 Å². The average Bonchev–Trinajstić information content (AvgIpc) is 2.47. The van der Waals surface area contributed by atoms with Gasteiger partial charge < -0.3 is 16.2 Å². The third-order valence-electron chi connectivity index (χ3n) is 2.80. The van der Waals surface area contributed by atoms with Crippen LogP contribution in [0.2, 0.25) is 0 Å². The standard InChI is InChI=1S/C16H18N4O/c1-12-6-8-13(9-7-12)11-21-15-5-3-2-4-14(15)10-19-20-16(17)18/h2-10H,11H2,1H3,(H4,17,18,20)/b19-10-. The molecule has 0 saturated carbocycles. The van der Waals surface area contributed by atoms with Crippen molar-refractivity contribution in [3.05, 3.63) is 65.2 Å². The number of guanidine groups is 1. The minimum absolute atomic E-state index is 0.0793. The van der Waals surface area contributed by atoms with Gasteiger partial charge in [-0.3, -0.25) is 0 Å².